The third kappa shape index (κ3) is 5.02. The summed E-state index contributed by atoms with van der Waals surface area (Å²) in [4.78, 5) is 14.4. The van der Waals surface area contributed by atoms with Gasteiger partial charge in [0.1, 0.15) is 5.75 Å². The Hall–Kier alpha value is -1.55. The Bertz CT molecular complexity index is 481. The summed E-state index contributed by atoms with van der Waals surface area (Å²) in [6.45, 7) is 6.10. The zero-order chi connectivity index (χ0) is 15.9. The maximum Gasteiger partial charge on any atom is 0.222 e. The Morgan fingerprint density at radius 2 is 2.18 bits per heavy atom. The predicted octanol–water partition coefficient (Wildman–Crippen LogP) is 3.34. The summed E-state index contributed by atoms with van der Waals surface area (Å²) in [7, 11) is 0. The molecule has 0 bridgehead atoms. The van der Waals surface area contributed by atoms with Gasteiger partial charge >= 0.3 is 0 Å². The van der Waals surface area contributed by atoms with Gasteiger partial charge in [-0.3, -0.25) is 4.79 Å². The number of phenolic OH excluding ortho intramolecular Hbond substituents is 1. The summed E-state index contributed by atoms with van der Waals surface area (Å²) in [6, 6.07) is 7.22. The van der Waals surface area contributed by atoms with Crippen molar-refractivity contribution in [1.82, 2.24) is 4.90 Å². The molecule has 4 nitrogen and oxygen atoms in total. The number of para-hydroxylation sites is 1. The summed E-state index contributed by atoms with van der Waals surface area (Å²) in [5.74, 6) is 0.905. The number of hydrogen-bond donors (Lipinski definition) is 1. The van der Waals surface area contributed by atoms with E-state index in [4.69, 9.17) is 4.74 Å². The fourth-order valence-corrected chi connectivity index (χ4v) is 2.71. The number of benzene rings is 1. The van der Waals surface area contributed by atoms with Gasteiger partial charge in [-0.15, -0.1) is 0 Å². The number of carbonyl (C=O) groups is 1. The lowest BCUT2D eigenvalue weighted by molar-refractivity contribution is -0.133. The van der Waals surface area contributed by atoms with Crippen molar-refractivity contribution in [2.45, 2.75) is 52.2 Å². The van der Waals surface area contributed by atoms with Crippen LogP contribution in [0.4, 0.5) is 0 Å². The SMILES string of the molecule is CC(C)CCC(=O)N(Cc1ccccc1O)CC1CCCO1. The molecule has 4 heteroatoms. The molecule has 1 aliphatic rings. The Balaban J connectivity index is 2.03. The molecule has 1 amide bonds. The van der Waals surface area contributed by atoms with Crippen LogP contribution in [0.25, 0.3) is 0 Å². The Morgan fingerprint density at radius 3 is 2.82 bits per heavy atom. The lowest BCUT2D eigenvalue weighted by Crippen LogP contribution is -2.37. The summed E-state index contributed by atoms with van der Waals surface area (Å²) >= 11 is 0. The number of nitrogens with zero attached hydrogens (tertiary/aromatic N) is 1. The van der Waals surface area contributed by atoms with E-state index < -0.39 is 0 Å². The van der Waals surface area contributed by atoms with Crippen LogP contribution in [-0.4, -0.2) is 35.2 Å². The van der Waals surface area contributed by atoms with Gasteiger partial charge in [0.15, 0.2) is 0 Å². The quantitative estimate of drug-likeness (QED) is 0.840. The van der Waals surface area contributed by atoms with E-state index in [1.54, 1.807) is 12.1 Å². The molecule has 1 unspecified atom stereocenters. The van der Waals surface area contributed by atoms with Gasteiger partial charge in [0, 0.05) is 31.7 Å². The summed E-state index contributed by atoms with van der Waals surface area (Å²) < 4.78 is 5.67. The second kappa shape index (κ2) is 8.18. The van der Waals surface area contributed by atoms with E-state index in [1.807, 2.05) is 17.0 Å². The fraction of sp³-hybridized carbons (Fsp3) is 0.611. The van der Waals surface area contributed by atoms with E-state index in [1.165, 1.54) is 0 Å². The van der Waals surface area contributed by atoms with Gasteiger partial charge in [-0.05, 0) is 31.2 Å². The molecule has 1 heterocycles. The van der Waals surface area contributed by atoms with Crippen LogP contribution >= 0.6 is 0 Å². The number of ether oxygens (including phenoxy) is 1. The zero-order valence-corrected chi connectivity index (χ0v) is 13.6. The number of phenols is 1. The summed E-state index contributed by atoms with van der Waals surface area (Å²) in [5.41, 5.74) is 0.790. The van der Waals surface area contributed by atoms with E-state index in [-0.39, 0.29) is 17.8 Å². The van der Waals surface area contributed by atoms with Crippen LogP contribution in [0.5, 0.6) is 5.75 Å². The second-order valence-corrected chi connectivity index (χ2v) is 6.47. The number of aromatic hydroxyl groups is 1. The molecular formula is C18H27NO3. The highest BCUT2D eigenvalue weighted by atomic mass is 16.5. The van der Waals surface area contributed by atoms with Gasteiger partial charge in [-0.2, -0.15) is 0 Å². The molecule has 1 aromatic carbocycles. The van der Waals surface area contributed by atoms with Gasteiger partial charge in [-0.1, -0.05) is 32.0 Å². The summed E-state index contributed by atoms with van der Waals surface area (Å²) in [5, 5.41) is 9.95. The minimum absolute atomic E-state index is 0.133. The third-order valence-corrected chi connectivity index (χ3v) is 4.09. The molecule has 1 atom stereocenters. The molecular weight excluding hydrogens is 278 g/mol. The number of rotatable bonds is 7. The molecule has 0 aliphatic carbocycles. The normalized spacial score (nSPS) is 17.9. The van der Waals surface area contributed by atoms with Crippen LogP contribution in [0.2, 0.25) is 0 Å². The molecule has 1 N–H and O–H groups in total. The van der Waals surface area contributed by atoms with E-state index >= 15 is 0 Å². The lowest BCUT2D eigenvalue weighted by atomic mass is 10.1. The van der Waals surface area contributed by atoms with Crippen molar-refractivity contribution in [3.8, 4) is 5.75 Å². The predicted molar refractivity (Wildman–Crippen MR) is 86.6 cm³/mol. The van der Waals surface area contributed by atoms with E-state index in [2.05, 4.69) is 13.8 Å². The first-order chi connectivity index (χ1) is 10.6. The first-order valence-corrected chi connectivity index (χ1v) is 8.22. The van der Waals surface area contributed by atoms with Gasteiger partial charge in [0.05, 0.1) is 6.10 Å². The first kappa shape index (κ1) is 16.8. The number of amides is 1. The van der Waals surface area contributed by atoms with Gasteiger partial charge in [0.2, 0.25) is 5.91 Å². The molecule has 1 aromatic rings. The molecule has 1 fully saturated rings. The first-order valence-electron chi connectivity index (χ1n) is 8.22. The standard InChI is InChI=1S/C18H27NO3/c1-14(2)9-10-18(21)19(13-16-7-5-11-22-16)12-15-6-3-4-8-17(15)20/h3-4,6,8,14,16,20H,5,7,9-13H2,1-2H3. The van der Waals surface area contributed by atoms with Crippen LogP contribution in [-0.2, 0) is 16.1 Å². The van der Waals surface area contributed by atoms with E-state index in [9.17, 15) is 9.90 Å². The average molecular weight is 305 g/mol. The van der Waals surface area contributed by atoms with Crippen LogP contribution < -0.4 is 0 Å². The van der Waals surface area contributed by atoms with Crippen molar-refractivity contribution in [2.24, 2.45) is 5.92 Å². The van der Waals surface area contributed by atoms with Crippen molar-refractivity contribution < 1.29 is 14.6 Å². The molecule has 1 aliphatic heterocycles. The topological polar surface area (TPSA) is 49.8 Å². The summed E-state index contributed by atoms with van der Waals surface area (Å²) in [6.07, 6.45) is 3.65. The average Bonchev–Trinajstić information content (AvgIpc) is 2.99. The Labute approximate surface area is 133 Å². The van der Waals surface area contributed by atoms with Gasteiger partial charge in [-0.25, -0.2) is 0 Å². The lowest BCUT2D eigenvalue weighted by Gasteiger charge is -2.26. The minimum atomic E-state index is 0.133. The second-order valence-electron chi connectivity index (χ2n) is 6.47. The zero-order valence-electron chi connectivity index (χ0n) is 13.6. The minimum Gasteiger partial charge on any atom is -0.508 e. The Kier molecular flexibility index (Phi) is 6.25. The van der Waals surface area contributed by atoms with Crippen LogP contribution in [0, 0.1) is 5.92 Å². The van der Waals surface area contributed by atoms with Crippen molar-refractivity contribution in [3.63, 3.8) is 0 Å². The maximum atomic E-state index is 12.5. The molecule has 0 spiro atoms. The molecule has 122 valence electrons. The number of carbonyl (C=O) groups excluding carboxylic acids is 1. The monoisotopic (exact) mass is 305 g/mol. The van der Waals surface area contributed by atoms with Crippen molar-refractivity contribution in [1.29, 1.82) is 0 Å². The smallest absolute Gasteiger partial charge is 0.222 e. The highest BCUT2D eigenvalue weighted by molar-refractivity contribution is 5.76. The largest absolute Gasteiger partial charge is 0.508 e. The van der Waals surface area contributed by atoms with Crippen molar-refractivity contribution in [3.05, 3.63) is 29.8 Å². The highest BCUT2D eigenvalue weighted by Crippen LogP contribution is 2.21. The molecule has 0 radical (unpaired) electrons. The van der Waals surface area contributed by atoms with E-state index in [0.717, 1.165) is 31.4 Å². The van der Waals surface area contributed by atoms with Crippen molar-refractivity contribution in [2.75, 3.05) is 13.2 Å². The molecule has 2 rings (SSSR count). The Morgan fingerprint density at radius 1 is 1.41 bits per heavy atom. The van der Waals surface area contributed by atoms with Gasteiger partial charge < -0.3 is 14.7 Å². The fourth-order valence-electron chi connectivity index (χ4n) is 2.71. The molecule has 22 heavy (non-hydrogen) atoms. The van der Waals surface area contributed by atoms with E-state index in [0.29, 0.717) is 25.4 Å². The highest BCUT2D eigenvalue weighted by Gasteiger charge is 2.23. The van der Waals surface area contributed by atoms with Crippen LogP contribution in [0.15, 0.2) is 24.3 Å². The van der Waals surface area contributed by atoms with Crippen molar-refractivity contribution >= 4 is 5.91 Å². The number of hydrogen-bond acceptors (Lipinski definition) is 3. The van der Waals surface area contributed by atoms with Gasteiger partial charge in [0.25, 0.3) is 0 Å². The molecule has 1 saturated heterocycles. The maximum absolute atomic E-state index is 12.5. The van der Waals surface area contributed by atoms with Crippen LogP contribution in [0.1, 0.15) is 45.1 Å². The van der Waals surface area contributed by atoms with Crippen LogP contribution in [0.3, 0.4) is 0 Å². The molecule has 0 saturated carbocycles. The third-order valence-electron chi connectivity index (χ3n) is 4.09. The molecule has 0 aromatic heterocycles.